The number of carbonyl (C=O) groups is 1. The normalized spacial score (nSPS) is 9.91. The number of hydrogen-bond donors (Lipinski definition) is 0. The van der Waals surface area contributed by atoms with Crippen molar-refractivity contribution in [2.75, 3.05) is 12.0 Å². The molecule has 0 fully saturated rings. The number of ketones is 1. The third-order valence-electron chi connectivity index (χ3n) is 1.29. The van der Waals surface area contributed by atoms with E-state index in [0.29, 0.717) is 18.0 Å². The predicted molar refractivity (Wildman–Crippen MR) is 51.4 cm³/mol. The van der Waals surface area contributed by atoms with Crippen molar-refractivity contribution < 1.29 is 4.79 Å². The molecule has 0 N–H and O–H groups in total. The molecule has 60 valence electrons. The van der Waals surface area contributed by atoms with E-state index in [2.05, 4.69) is 0 Å². The van der Waals surface area contributed by atoms with Gasteiger partial charge in [0, 0.05) is 6.42 Å². The number of rotatable bonds is 4. The van der Waals surface area contributed by atoms with E-state index in [1.165, 1.54) is 0 Å². The lowest BCUT2D eigenvalue weighted by Crippen LogP contribution is -2.03. The standard InChI is InChI=1S/C8H10OS2/c1-10-6-8(9)4-7-2-3-11-5-7/h2-3,5H,4,6H2,1H3. The van der Waals surface area contributed by atoms with Crippen molar-refractivity contribution in [3.63, 3.8) is 0 Å². The number of thioether (sulfide) groups is 1. The number of carbonyl (C=O) groups excluding carboxylic acids is 1. The quantitative estimate of drug-likeness (QED) is 0.717. The van der Waals surface area contributed by atoms with E-state index < -0.39 is 0 Å². The van der Waals surface area contributed by atoms with Gasteiger partial charge in [-0.15, -0.1) is 0 Å². The van der Waals surface area contributed by atoms with Gasteiger partial charge in [-0.05, 0) is 28.6 Å². The molecule has 0 aromatic carbocycles. The molecule has 0 aliphatic heterocycles. The van der Waals surface area contributed by atoms with Gasteiger partial charge in [0.25, 0.3) is 0 Å². The summed E-state index contributed by atoms with van der Waals surface area (Å²) in [5.74, 6) is 0.950. The van der Waals surface area contributed by atoms with Crippen LogP contribution in [0, 0.1) is 0 Å². The molecule has 1 aromatic rings. The number of Topliss-reactive ketones (excluding diaryl/α,β-unsaturated/α-hetero) is 1. The van der Waals surface area contributed by atoms with E-state index in [1.807, 2.05) is 23.1 Å². The molecule has 0 aliphatic carbocycles. The van der Waals surface area contributed by atoms with Gasteiger partial charge < -0.3 is 0 Å². The summed E-state index contributed by atoms with van der Waals surface area (Å²) in [4.78, 5) is 11.1. The van der Waals surface area contributed by atoms with Crippen molar-refractivity contribution >= 4 is 28.9 Å². The maximum atomic E-state index is 11.1. The Kier molecular flexibility index (Phi) is 3.66. The summed E-state index contributed by atoms with van der Waals surface area (Å²) < 4.78 is 0. The van der Waals surface area contributed by atoms with Crippen molar-refractivity contribution in [2.45, 2.75) is 6.42 Å². The maximum Gasteiger partial charge on any atom is 0.147 e. The molecule has 0 saturated carbocycles. The lowest BCUT2D eigenvalue weighted by atomic mass is 10.2. The Bertz CT molecular complexity index is 216. The molecule has 0 radical (unpaired) electrons. The Morgan fingerprint density at radius 2 is 2.55 bits per heavy atom. The first-order chi connectivity index (χ1) is 5.33. The Hall–Kier alpha value is -0.280. The van der Waals surface area contributed by atoms with E-state index in [4.69, 9.17) is 0 Å². The molecule has 0 saturated heterocycles. The third kappa shape index (κ3) is 3.08. The van der Waals surface area contributed by atoms with Crippen LogP contribution in [-0.2, 0) is 11.2 Å². The number of hydrogen-bond acceptors (Lipinski definition) is 3. The average molecular weight is 186 g/mol. The van der Waals surface area contributed by atoms with Crippen LogP contribution in [0.25, 0.3) is 0 Å². The van der Waals surface area contributed by atoms with Gasteiger partial charge in [0.2, 0.25) is 0 Å². The van der Waals surface area contributed by atoms with E-state index in [9.17, 15) is 4.79 Å². The Morgan fingerprint density at radius 3 is 3.09 bits per heavy atom. The van der Waals surface area contributed by atoms with Gasteiger partial charge >= 0.3 is 0 Å². The highest BCUT2D eigenvalue weighted by atomic mass is 32.2. The monoisotopic (exact) mass is 186 g/mol. The van der Waals surface area contributed by atoms with E-state index >= 15 is 0 Å². The zero-order chi connectivity index (χ0) is 8.10. The molecule has 0 unspecified atom stereocenters. The zero-order valence-electron chi connectivity index (χ0n) is 6.37. The third-order valence-corrected chi connectivity index (χ3v) is 2.63. The smallest absolute Gasteiger partial charge is 0.147 e. The second kappa shape index (κ2) is 4.57. The fourth-order valence-electron chi connectivity index (χ4n) is 0.833. The second-order valence-electron chi connectivity index (χ2n) is 2.28. The fraction of sp³-hybridized carbons (Fsp3) is 0.375. The van der Waals surface area contributed by atoms with Crippen molar-refractivity contribution in [1.29, 1.82) is 0 Å². The topological polar surface area (TPSA) is 17.1 Å². The summed E-state index contributed by atoms with van der Waals surface area (Å²) in [6, 6.07) is 2.00. The molecule has 1 aromatic heterocycles. The Labute approximate surface area is 74.8 Å². The van der Waals surface area contributed by atoms with Crippen LogP contribution in [0.2, 0.25) is 0 Å². The molecule has 0 spiro atoms. The maximum absolute atomic E-state index is 11.1. The van der Waals surface area contributed by atoms with Crippen molar-refractivity contribution in [3.8, 4) is 0 Å². The molecular weight excluding hydrogens is 176 g/mol. The molecule has 0 aliphatic rings. The summed E-state index contributed by atoms with van der Waals surface area (Å²) in [7, 11) is 0. The number of thiophene rings is 1. The average Bonchev–Trinajstić information content (AvgIpc) is 2.40. The van der Waals surface area contributed by atoms with Gasteiger partial charge in [0.05, 0.1) is 5.75 Å². The Morgan fingerprint density at radius 1 is 1.73 bits per heavy atom. The van der Waals surface area contributed by atoms with E-state index in [-0.39, 0.29) is 0 Å². The molecule has 0 bridgehead atoms. The first-order valence-electron chi connectivity index (χ1n) is 3.34. The van der Waals surface area contributed by atoms with E-state index in [1.54, 1.807) is 23.1 Å². The molecule has 11 heavy (non-hydrogen) atoms. The fourth-order valence-corrected chi connectivity index (χ4v) is 1.93. The zero-order valence-corrected chi connectivity index (χ0v) is 8.00. The highest BCUT2D eigenvalue weighted by molar-refractivity contribution is 7.99. The molecule has 1 rings (SSSR count). The molecule has 0 amide bonds. The van der Waals surface area contributed by atoms with Crippen molar-refractivity contribution in [1.82, 2.24) is 0 Å². The first-order valence-corrected chi connectivity index (χ1v) is 5.68. The van der Waals surface area contributed by atoms with Crippen LogP contribution in [0.15, 0.2) is 16.8 Å². The van der Waals surface area contributed by atoms with Crippen LogP contribution < -0.4 is 0 Å². The van der Waals surface area contributed by atoms with Gasteiger partial charge in [-0.25, -0.2) is 0 Å². The van der Waals surface area contributed by atoms with Crippen LogP contribution in [0.3, 0.4) is 0 Å². The largest absolute Gasteiger partial charge is 0.298 e. The predicted octanol–water partition coefficient (Wildman–Crippen LogP) is 2.22. The van der Waals surface area contributed by atoms with Gasteiger partial charge in [-0.2, -0.15) is 23.1 Å². The summed E-state index contributed by atoms with van der Waals surface area (Å²) >= 11 is 3.23. The van der Waals surface area contributed by atoms with Crippen molar-refractivity contribution in [2.24, 2.45) is 0 Å². The van der Waals surface area contributed by atoms with Crippen LogP contribution in [0.5, 0.6) is 0 Å². The van der Waals surface area contributed by atoms with Crippen LogP contribution in [-0.4, -0.2) is 17.8 Å². The van der Waals surface area contributed by atoms with E-state index in [0.717, 1.165) is 5.56 Å². The van der Waals surface area contributed by atoms with Crippen LogP contribution in [0.1, 0.15) is 5.56 Å². The lowest BCUT2D eigenvalue weighted by molar-refractivity contribution is -0.115. The molecular formula is C8H10OS2. The Balaban J connectivity index is 2.37. The summed E-state index contributed by atoms with van der Waals surface area (Å²) in [5.41, 5.74) is 1.15. The minimum absolute atomic E-state index is 0.316. The highest BCUT2D eigenvalue weighted by Gasteiger charge is 2.01. The second-order valence-corrected chi connectivity index (χ2v) is 3.93. The summed E-state index contributed by atoms with van der Waals surface area (Å²) in [6.45, 7) is 0. The minimum Gasteiger partial charge on any atom is -0.298 e. The van der Waals surface area contributed by atoms with Gasteiger partial charge in [0.15, 0.2) is 0 Å². The lowest BCUT2D eigenvalue weighted by Gasteiger charge is -1.94. The highest BCUT2D eigenvalue weighted by Crippen LogP contribution is 2.07. The van der Waals surface area contributed by atoms with Crippen LogP contribution in [0.4, 0.5) is 0 Å². The molecule has 1 heterocycles. The first kappa shape index (κ1) is 8.81. The van der Waals surface area contributed by atoms with Gasteiger partial charge in [-0.3, -0.25) is 4.79 Å². The summed E-state index contributed by atoms with van der Waals surface area (Å²) in [5, 5.41) is 4.03. The van der Waals surface area contributed by atoms with Gasteiger partial charge in [-0.1, -0.05) is 0 Å². The molecule has 0 atom stereocenters. The SMILES string of the molecule is CSCC(=O)Cc1ccsc1. The van der Waals surface area contributed by atoms with Crippen molar-refractivity contribution in [3.05, 3.63) is 22.4 Å². The van der Waals surface area contributed by atoms with Crippen LogP contribution >= 0.6 is 23.1 Å². The molecule has 3 heteroatoms. The molecule has 1 nitrogen and oxygen atoms in total. The van der Waals surface area contributed by atoms with Gasteiger partial charge in [0.1, 0.15) is 5.78 Å². The summed E-state index contributed by atoms with van der Waals surface area (Å²) in [6.07, 6.45) is 2.55. The minimum atomic E-state index is 0.316.